The van der Waals surface area contributed by atoms with E-state index in [-0.39, 0.29) is 11.9 Å². The highest BCUT2D eigenvalue weighted by Crippen LogP contribution is 2.20. The number of nitrogens with one attached hydrogen (secondary N) is 1. The molecule has 0 fully saturated rings. The molecule has 22 heavy (non-hydrogen) atoms. The van der Waals surface area contributed by atoms with E-state index in [9.17, 15) is 4.79 Å². The highest BCUT2D eigenvalue weighted by molar-refractivity contribution is 7.11. The monoisotopic (exact) mass is 320 g/mol. The average Bonchev–Trinajstić information content (AvgIpc) is 2.94. The van der Waals surface area contributed by atoms with Crippen LogP contribution in [-0.4, -0.2) is 31.2 Å². The predicted molar refractivity (Wildman–Crippen MR) is 86.5 cm³/mol. The minimum absolute atomic E-state index is 0.129. The summed E-state index contributed by atoms with van der Waals surface area (Å²) < 4.78 is 10.7. The first-order chi connectivity index (χ1) is 10.7. The maximum absolute atomic E-state index is 12.3. The minimum atomic E-state index is -0.213. The van der Waals surface area contributed by atoms with Crippen molar-refractivity contribution in [2.24, 2.45) is 0 Å². The molecule has 0 radical (unpaired) electrons. The van der Waals surface area contributed by atoms with Crippen LogP contribution < -0.4 is 10.1 Å². The number of carbonyl (C=O) groups is 1. The molecule has 1 aromatic heterocycles. The van der Waals surface area contributed by atoms with Gasteiger partial charge in [-0.25, -0.2) is 4.98 Å². The fraction of sp³-hybridized carbons (Fsp3) is 0.375. The zero-order valence-corrected chi connectivity index (χ0v) is 13.8. The van der Waals surface area contributed by atoms with Gasteiger partial charge in [-0.1, -0.05) is 12.1 Å². The van der Waals surface area contributed by atoms with Crippen LogP contribution in [0.3, 0.4) is 0 Å². The number of aromatic nitrogens is 1. The molecule has 0 saturated carbocycles. The van der Waals surface area contributed by atoms with Crippen molar-refractivity contribution < 1.29 is 14.3 Å². The highest BCUT2D eigenvalue weighted by Gasteiger charge is 2.18. The number of hydrogen-bond donors (Lipinski definition) is 1. The van der Waals surface area contributed by atoms with Gasteiger partial charge < -0.3 is 14.8 Å². The summed E-state index contributed by atoms with van der Waals surface area (Å²) in [5.74, 6) is 0.683. The third-order valence-corrected chi connectivity index (χ3v) is 4.11. The second-order valence-electron chi connectivity index (χ2n) is 4.75. The summed E-state index contributed by atoms with van der Waals surface area (Å²) in [7, 11) is 1.62. The van der Waals surface area contributed by atoms with E-state index in [1.54, 1.807) is 12.6 Å². The normalized spacial score (nSPS) is 12.0. The van der Waals surface area contributed by atoms with Gasteiger partial charge in [0.1, 0.15) is 10.6 Å². The van der Waals surface area contributed by atoms with Gasteiger partial charge in [-0.15, -0.1) is 11.3 Å². The molecule has 2 aromatic rings. The quantitative estimate of drug-likeness (QED) is 0.852. The van der Waals surface area contributed by atoms with E-state index in [2.05, 4.69) is 10.3 Å². The van der Waals surface area contributed by atoms with E-state index >= 15 is 0 Å². The lowest BCUT2D eigenvalue weighted by atomic mass is 10.1. The number of aryl methyl sites for hydroxylation is 1. The van der Waals surface area contributed by atoms with Gasteiger partial charge in [0.25, 0.3) is 5.91 Å². The molecule has 0 saturated heterocycles. The Balaban J connectivity index is 2.12. The van der Waals surface area contributed by atoms with Crippen LogP contribution >= 0.6 is 11.3 Å². The average molecular weight is 320 g/mol. The number of benzene rings is 1. The molecule has 0 aliphatic carbocycles. The SMILES string of the molecule is CCOc1ccc(C(COC)NC(=O)c2scnc2C)cc1. The lowest BCUT2D eigenvalue weighted by Gasteiger charge is -2.18. The largest absolute Gasteiger partial charge is 0.494 e. The summed E-state index contributed by atoms with van der Waals surface area (Å²) in [5, 5.41) is 2.99. The van der Waals surface area contributed by atoms with Gasteiger partial charge in [-0.2, -0.15) is 0 Å². The molecule has 5 nitrogen and oxygen atoms in total. The fourth-order valence-corrected chi connectivity index (χ4v) is 2.80. The van der Waals surface area contributed by atoms with Gasteiger partial charge in [0.15, 0.2) is 0 Å². The number of nitrogens with zero attached hydrogens (tertiary/aromatic N) is 1. The lowest BCUT2D eigenvalue weighted by Crippen LogP contribution is -2.31. The van der Waals surface area contributed by atoms with Crippen molar-refractivity contribution in [2.75, 3.05) is 20.3 Å². The van der Waals surface area contributed by atoms with Gasteiger partial charge in [0.05, 0.1) is 30.5 Å². The van der Waals surface area contributed by atoms with Gasteiger partial charge in [0.2, 0.25) is 0 Å². The molecule has 6 heteroatoms. The topological polar surface area (TPSA) is 60.5 Å². The van der Waals surface area contributed by atoms with Crippen molar-refractivity contribution in [3.05, 3.63) is 45.9 Å². The third kappa shape index (κ3) is 4.05. The van der Waals surface area contributed by atoms with E-state index in [0.29, 0.717) is 18.1 Å². The van der Waals surface area contributed by atoms with Crippen molar-refractivity contribution >= 4 is 17.2 Å². The van der Waals surface area contributed by atoms with E-state index in [1.165, 1.54) is 11.3 Å². The molecule has 1 atom stereocenters. The first-order valence-electron chi connectivity index (χ1n) is 7.08. The van der Waals surface area contributed by atoms with Crippen molar-refractivity contribution in [1.29, 1.82) is 0 Å². The van der Waals surface area contributed by atoms with Crippen LogP contribution in [0.1, 0.15) is 33.9 Å². The Morgan fingerprint density at radius 1 is 1.36 bits per heavy atom. The summed E-state index contributed by atoms with van der Waals surface area (Å²) in [5.41, 5.74) is 3.39. The third-order valence-electron chi connectivity index (χ3n) is 3.18. The molecule has 0 bridgehead atoms. The zero-order valence-electron chi connectivity index (χ0n) is 13.0. The summed E-state index contributed by atoms with van der Waals surface area (Å²) in [6, 6.07) is 7.45. The maximum Gasteiger partial charge on any atom is 0.263 e. The van der Waals surface area contributed by atoms with Gasteiger partial charge >= 0.3 is 0 Å². The smallest absolute Gasteiger partial charge is 0.263 e. The van der Waals surface area contributed by atoms with E-state index in [0.717, 1.165) is 17.0 Å². The number of methoxy groups -OCH3 is 1. The molecule has 0 aliphatic rings. The van der Waals surface area contributed by atoms with Crippen LogP contribution in [-0.2, 0) is 4.74 Å². The highest BCUT2D eigenvalue weighted by atomic mass is 32.1. The Morgan fingerprint density at radius 3 is 2.64 bits per heavy atom. The lowest BCUT2D eigenvalue weighted by molar-refractivity contribution is 0.0900. The molecule has 118 valence electrons. The Labute approximate surface area is 134 Å². The van der Waals surface area contributed by atoms with E-state index in [1.807, 2.05) is 38.1 Å². The molecule has 1 amide bonds. The van der Waals surface area contributed by atoms with Crippen LogP contribution in [0.2, 0.25) is 0 Å². The number of amides is 1. The molecule has 0 aliphatic heterocycles. The van der Waals surface area contributed by atoms with Crippen LogP contribution in [0, 0.1) is 6.92 Å². The second-order valence-corrected chi connectivity index (χ2v) is 5.61. The minimum Gasteiger partial charge on any atom is -0.494 e. The van der Waals surface area contributed by atoms with Crippen LogP contribution in [0.25, 0.3) is 0 Å². The molecule has 1 N–H and O–H groups in total. The number of ether oxygens (including phenoxy) is 2. The molecule has 1 heterocycles. The summed E-state index contributed by atoms with van der Waals surface area (Å²) in [6.45, 7) is 4.80. The van der Waals surface area contributed by atoms with Crippen LogP contribution in [0.15, 0.2) is 29.8 Å². The summed E-state index contributed by atoms with van der Waals surface area (Å²) in [4.78, 5) is 17.1. The first kappa shape index (κ1) is 16.5. The van der Waals surface area contributed by atoms with E-state index < -0.39 is 0 Å². The maximum atomic E-state index is 12.3. The molecular weight excluding hydrogens is 300 g/mol. The molecular formula is C16H20N2O3S. The predicted octanol–water partition coefficient (Wildman–Crippen LogP) is 2.97. The first-order valence-corrected chi connectivity index (χ1v) is 7.96. The Kier molecular flexibility index (Phi) is 5.91. The number of hydrogen-bond acceptors (Lipinski definition) is 5. The second kappa shape index (κ2) is 7.91. The Bertz CT molecular complexity index is 610. The molecule has 0 spiro atoms. The van der Waals surface area contributed by atoms with Crippen molar-refractivity contribution in [2.45, 2.75) is 19.9 Å². The molecule has 1 unspecified atom stereocenters. The molecule has 2 rings (SSSR count). The number of carbonyl (C=O) groups excluding carboxylic acids is 1. The Morgan fingerprint density at radius 2 is 2.09 bits per heavy atom. The van der Waals surface area contributed by atoms with Crippen LogP contribution in [0.5, 0.6) is 5.75 Å². The van der Waals surface area contributed by atoms with Gasteiger partial charge in [-0.3, -0.25) is 4.79 Å². The van der Waals surface area contributed by atoms with E-state index in [4.69, 9.17) is 9.47 Å². The summed E-state index contributed by atoms with van der Waals surface area (Å²) >= 11 is 1.34. The Hall–Kier alpha value is -1.92. The van der Waals surface area contributed by atoms with Crippen LogP contribution in [0.4, 0.5) is 0 Å². The summed E-state index contributed by atoms with van der Waals surface area (Å²) in [6.07, 6.45) is 0. The standard InChI is InChI=1S/C16H20N2O3S/c1-4-21-13-7-5-12(6-8-13)14(9-20-3)18-16(19)15-11(2)17-10-22-15/h5-8,10,14H,4,9H2,1-3H3,(H,18,19). The number of rotatable bonds is 7. The number of thiazole rings is 1. The van der Waals surface area contributed by atoms with Gasteiger partial charge in [-0.05, 0) is 31.5 Å². The zero-order chi connectivity index (χ0) is 15.9. The van der Waals surface area contributed by atoms with Crippen molar-refractivity contribution in [3.8, 4) is 5.75 Å². The van der Waals surface area contributed by atoms with Crippen molar-refractivity contribution in [3.63, 3.8) is 0 Å². The van der Waals surface area contributed by atoms with Gasteiger partial charge in [0, 0.05) is 7.11 Å². The fourth-order valence-electron chi connectivity index (χ4n) is 2.09. The van der Waals surface area contributed by atoms with Crippen molar-refractivity contribution in [1.82, 2.24) is 10.3 Å². The molecule has 1 aromatic carbocycles.